The molecule has 4 aromatic rings. The Kier molecular flexibility index (Phi) is 8.62. The van der Waals surface area contributed by atoms with Crippen LogP contribution in [0.25, 0.3) is 11.3 Å². The lowest BCUT2D eigenvalue weighted by Crippen LogP contribution is -2.22. The molecule has 4 rings (SSSR count). The number of thiazole rings is 1. The van der Waals surface area contributed by atoms with Gasteiger partial charge in [-0.3, -0.25) is 9.59 Å². The second-order valence-corrected chi connectivity index (χ2v) is 11.3. The number of rotatable bonds is 8. The van der Waals surface area contributed by atoms with Crippen LogP contribution in [0.3, 0.4) is 0 Å². The van der Waals surface area contributed by atoms with Crippen molar-refractivity contribution in [2.24, 2.45) is 0 Å². The van der Waals surface area contributed by atoms with E-state index >= 15 is 0 Å². The lowest BCUT2D eigenvalue weighted by atomic mass is 10.1. The molecule has 1 atom stereocenters. The van der Waals surface area contributed by atoms with Crippen LogP contribution in [0, 0.1) is 0 Å². The van der Waals surface area contributed by atoms with E-state index in [0.717, 1.165) is 26.2 Å². The third kappa shape index (κ3) is 7.41. The van der Waals surface area contributed by atoms with Crippen LogP contribution in [0.5, 0.6) is 0 Å². The van der Waals surface area contributed by atoms with Crippen molar-refractivity contribution < 1.29 is 9.59 Å². The number of halogens is 2. The Balaban J connectivity index is 1.28. The number of thioether (sulfide) groups is 1. The summed E-state index contributed by atoms with van der Waals surface area (Å²) in [5.41, 5.74) is 3.41. The summed E-state index contributed by atoms with van der Waals surface area (Å²) in [5.74, 6) is -0.224. The zero-order valence-electron chi connectivity index (χ0n) is 18.6. The van der Waals surface area contributed by atoms with Gasteiger partial charge in [0.05, 0.1) is 17.4 Å². The van der Waals surface area contributed by atoms with Crippen molar-refractivity contribution in [3.05, 3.63) is 93.2 Å². The normalized spacial score (nSPS) is 11.6. The number of amides is 2. The topological polar surface area (TPSA) is 71.1 Å². The molecule has 1 heterocycles. The quantitative estimate of drug-likeness (QED) is 0.209. The van der Waals surface area contributed by atoms with Crippen LogP contribution in [-0.2, 0) is 16.0 Å². The monoisotopic (exact) mass is 585 g/mol. The van der Waals surface area contributed by atoms with Crippen LogP contribution >= 0.6 is 50.6 Å². The SMILES string of the molecule is CC(Sc1ccc(NC(=O)Cc2ccc(Cl)cc2)cc1)C(=O)Nc1nc(-c2ccc(Br)cc2)cs1. The number of nitrogens with zero attached hydrogens (tertiary/aromatic N) is 1. The Hall–Kier alpha value is -2.65. The van der Waals surface area contributed by atoms with Gasteiger partial charge in [0.1, 0.15) is 0 Å². The van der Waals surface area contributed by atoms with Gasteiger partial charge in [-0.15, -0.1) is 23.1 Å². The van der Waals surface area contributed by atoms with Crippen molar-refractivity contribution in [1.82, 2.24) is 4.98 Å². The van der Waals surface area contributed by atoms with Crippen molar-refractivity contribution in [2.75, 3.05) is 10.6 Å². The minimum Gasteiger partial charge on any atom is -0.326 e. The van der Waals surface area contributed by atoms with E-state index in [1.54, 1.807) is 12.1 Å². The van der Waals surface area contributed by atoms with E-state index < -0.39 is 0 Å². The highest BCUT2D eigenvalue weighted by molar-refractivity contribution is 9.10. The first kappa shape index (κ1) is 25.4. The molecule has 0 aliphatic heterocycles. The van der Waals surface area contributed by atoms with Crippen LogP contribution in [0.1, 0.15) is 12.5 Å². The fourth-order valence-corrected chi connectivity index (χ4v) is 5.14. The fraction of sp³-hybridized carbons (Fsp3) is 0.115. The van der Waals surface area contributed by atoms with E-state index in [-0.39, 0.29) is 23.5 Å². The number of nitrogens with one attached hydrogen (secondary N) is 2. The predicted molar refractivity (Wildman–Crippen MR) is 149 cm³/mol. The number of hydrogen-bond acceptors (Lipinski definition) is 5. The Morgan fingerprint density at radius 3 is 2.37 bits per heavy atom. The summed E-state index contributed by atoms with van der Waals surface area (Å²) in [6.45, 7) is 1.85. The number of carbonyl (C=O) groups excluding carboxylic acids is 2. The van der Waals surface area contributed by atoms with E-state index in [1.165, 1.54) is 23.1 Å². The van der Waals surface area contributed by atoms with E-state index in [9.17, 15) is 9.59 Å². The molecule has 178 valence electrons. The number of anilines is 2. The maximum atomic E-state index is 12.7. The van der Waals surface area contributed by atoms with Crippen LogP contribution in [0.2, 0.25) is 5.02 Å². The average molecular weight is 587 g/mol. The second kappa shape index (κ2) is 11.9. The first-order valence-corrected chi connectivity index (χ1v) is 13.6. The average Bonchev–Trinajstić information content (AvgIpc) is 3.30. The second-order valence-electron chi connectivity index (χ2n) is 7.67. The highest BCUT2D eigenvalue weighted by Gasteiger charge is 2.16. The number of carbonyl (C=O) groups is 2. The Morgan fingerprint density at radius 1 is 1.00 bits per heavy atom. The van der Waals surface area contributed by atoms with E-state index in [4.69, 9.17) is 11.6 Å². The zero-order chi connectivity index (χ0) is 24.8. The van der Waals surface area contributed by atoms with E-state index in [1.807, 2.05) is 73.0 Å². The van der Waals surface area contributed by atoms with Crippen molar-refractivity contribution in [3.8, 4) is 11.3 Å². The molecule has 0 saturated carbocycles. The third-order valence-corrected chi connectivity index (χ3v) is 7.62. The number of aromatic nitrogens is 1. The van der Waals surface area contributed by atoms with Gasteiger partial charge < -0.3 is 10.6 Å². The summed E-state index contributed by atoms with van der Waals surface area (Å²) in [6, 6.07) is 22.5. The van der Waals surface area contributed by atoms with Gasteiger partial charge in [-0.1, -0.05) is 51.8 Å². The molecule has 1 aromatic heterocycles. The maximum Gasteiger partial charge on any atom is 0.239 e. The molecule has 3 aromatic carbocycles. The Morgan fingerprint density at radius 2 is 1.69 bits per heavy atom. The third-order valence-electron chi connectivity index (χ3n) is 4.97. The summed E-state index contributed by atoms with van der Waals surface area (Å²) in [7, 11) is 0. The largest absolute Gasteiger partial charge is 0.326 e. The molecule has 1 unspecified atom stereocenters. The lowest BCUT2D eigenvalue weighted by molar-refractivity contribution is -0.116. The van der Waals surface area contributed by atoms with Gasteiger partial charge >= 0.3 is 0 Å². The molecule has 0 aliphatic carbocycles. The van der Waals surface area contributed by atoms with Crippen molar-refractivity contribution in [2.45, 2.75) is 23.5 Å². The smallest absolute Gasteiger partial charge is 0.239 e. The molecule has 2 N–H and O–H groups in total. The number of benzene rings is 3. The molecular weight excluding hydrogens is 566 g/mol. The molecule has 0 bridgehead atoms. The maximum absolute atomic E-state index is 12.7. The minimum atomic E-state index is -0.319. The molecule has 9 heteroatoms. The van der Waals surface area contributed by atoms with Crippen molar-refractivity contribution >= 4 is 73.3 Å². The van der Waals surface area contributed by atoms with Crippen LogP contribution < -0.4 is 10.6 Å². The van der Waals surface area contributed by atoms with E-state index in [2.05, 4.69) is 31.5 Å². The Labute approximate surface area is 225 Å². The first-order chi connectivity index (χ1) is 16.9. The van der Waals surface area contributed by atoms with Crippen LogP contribution in [0.15, 0.2) is 87.5 Å². The zero-order valence-corrected chi connectivity index (χ0v) is 22.6. The molecule has 35 heavy (non-hydrogen) atoms. The van der Waals surface area contributed by atoms with Gasteiger partial charge in [-0.2, -0.15) is 0 Å². The molecule has 0 radical (unpaired) electrons. The van der Waals surface area contributed by atoms with Gasteiger partial charge in [0, 0.05) is 31.0 Å². The molecule has 0 saturated heterocycles. The first-order valence-electron chi connectivity index (χ1n) is 10.7. The molecule has 0 spiro atoms. The summed E-state index contributed by atoms with van der Waals surface area (Å²) < 4.78 is 1.00. The van der Waals surface area contributed by atoms with Crippen molar-refractivity contribution in [1.29, 1.82) is 0 Å². The fourth-order valence-electron chi connectivity index (χ4n) is 3.16. The Bertz CT molecular complexity index is 1310. The van der Waals surface area contributed by atoms with Gasteiger partial charge in [-0.05, 0) is 61.0 Å². The molecule has 5 nitrogen and oxygen atoms in total. The van der Waals surface area contributed by atoms with E-state index in [0.29, 0.717) is 15.8 Å². The van der Waals surface area contributed by atoms with Crippen molar-refractivity contribution in [3.63, 3.8) is 0 Å². The summed E-state index contributed by atoms with van der Waals surface area (Å²) in [5, 5.41) is 8.61. The molecule has 0 aliphatic rings. The summed E-state index contributed by atoms with van der Waals surface area (Å²) in [4.78, 5) is 30.4. The standard InChI is InChI=1S/C26H21BrClN3O2S2/c1-16(25(33)31-26-30-23(15-34-26)18-4-6-19(27)7-5-18)35-22-12-10-21(11-13-22)29-24(32)14-17-2-8-20(28)9-3-17/h2-13,15-16H,14H2,1H3,(H,29,32)(H,30,31,33). The van der Waals surface area contributed by atoms with Gasteiger partial charge in [0.15, 0.2) is 5.13 Å². The number of hydrogen-bond donors (Lipinski definition) is 2. The molecular formula is C26H21BrClN3O2S2. The summed E-state index contributed by atoms with van der Waals surface area (Å²) in [6.07, 6.45) is 0.269. The molecule has 2 amide bonds. The lowest BCUT2D eigenvalue weighted by Gasteiger charge is -2.11. The summed E-state index contributed by atoms with van der Waals surface area (Å²) >= 11 is 12.2. The minimum absolute atomic E-state index is 0.105. The highest BCUT2D eigenvalue weighted by atomic mass is 79.9. The van der Waals surface area contributed by atoms with Gasteiger partial charge in [0.2, 0.25) is 11.8 Å². The van der Waals surface area contributed by atoms with Crippen LogP contribution in [0.4, 0.5) is 10.8 Å². The van der Waals surface area contributed by atoms with Crippen LogP contribution in [-0.4, -0.2) is 22.0 Å². The predicted octanol–water partition coefficient (Wildman–Crippen LogP) is 7.53. The van der Waals surface area contributed by atoms with Gasteiger partial charge in [0.25, 0.3) is 0 Å². The molecule has 0 fully saturated rings. The van der Waals surface area contributed by atoms with Gasteiger partial charge in [-0.25, -0.2) is 4.98 Å². The highest BCUT2D eigenvalue weighted by Crippen LogP contribution is 2.28.